The van der Waals surface area contributed by atoms with Crippen molar-refractivity contribution in [2.45, 2.75) is 63.1 Å². The molecule has 0 heterocycles. The average molecular weight is 437 g/mol. The summed E-state index contributed by atoms with van der Waals surface area (Å²) < 4.78 is 24.9. The van der Waals surface area contributed by atoms with Crippen LogP contribution in [0.15, 0.2) is 24.3 Å². The molecule has 1 atom stereocenters. The summed E-state index contributed by atoms with van der Waals surface area (Å²) in [7, 11) is -1.49. The Morgan fingerprint density at radius 3 is 2.17 bits per heavy atom. The number of anilines is 1. The van der Waals surface area contributed by atoms with Crippen LogP contribution >= 0.6 is 0 Å². The molecule has 4 N–H and O–H groups in total. The molecule has 0 bridgehead atoms. The molecule has 1 aromatic rings. The van der Waals surface area contributed by atoms with Crippen molar-refractivity contribution in [3.8, 4) is 0 Å². The zero-order valence-corrected chi connectivity index (χ0v) is 18.5. The van der Waals surface area contributed by atoms with Crippen molar-refractivity contribution >= 4 is 27.5 Å². The lowest BCUT2D eigenvalue weighted by Gasteiger charge is -2.38. The van der Waals surface area contributed by atoms with Gasteiger partial charge in [0, 0.05) is 30.4 Å². The number of carbonyl (C=O) groups is 2. The highest BCUT2D eigenvalue weighted by Gasteiger charge is 2.34. The number of nitrogens with zero attached hydrogens (tertiary/aromatic N) is 1. The third kappa shape index (κ3) is 5.72. The Balaban J connectivity index is 1.47. The van der Waals surface area contributed by atoms with Crippen LogP contribution < -0.4 is 15.8 Å². The quantitative estimate of drug-likeness (QED) is 0.600. The fourth-order valence-corrected chi connectivity index (χ4v) is 4.75. The Morgan fingerprint density at radius 2 is 1.67 bits per heavy atom. The lowest BCUT2D eigenvalue weighted by molar-refractivity contribution is -0.136. The predicted octanol–water partition coefficient (Wildman–Crippen LogP) is 1.68. The van der Waals surface area contributed by atoms with Gasteiger partial charge in [-0.1, -0.05) is 0 Å². The van der Waals surface area contributed by atoms with Crippen LogP contribution in [0.25, 0.3) is 0 Å². The topological polar surface area (TPSA) is 122 Å². The zero-order valence-electron chi connectivity index (χ0n) is 17.6. The Hall–Kier alpha value is -2.13. The summed E-state index contributed by atoms with van der Waals surface area (Å²) in [5.74, 6) is -0.000968. The van der Waals surface area contributed by atoms with Gasteiger partial charge in [-0.3, -0.25) is 14.3 Å². The standard InChI is InChI=1S/C21H32N4O4S/c1-25(18-4-3-5-18)21(27)19(22)14-6-10-16(11-7-14)23-20(26)15-8-12-17(13-9-15)24-30(2,28)29/h8-9,12-14,16,18-19,24H,3-7,10-11,22H2,1-2H3,(H,23,26)/t14?,16?,19-/m0/s1. The van der Waals surface area contributed by atoms with E-state index >= 15 is 0 Å². The maximum absolute atomic E-state index is 12.6. The molecule has 2 aliphatic carbocycles. The second kappa shape index (κ2) is 9.34. The molecule has 2 fully saturated rings. The zero-order chi connectivity index (χ0) is 21.9. The number of likely N-dealkylation sites (N-methyl/N-ethyl adjacent to an activating group) is 1. The van der Waals surface area contributed by atoms with E-state index in [1.807, 2.05) is 11.9 Å². The minimum absolute atomic E-state index is 0.0370. The van der Waals surface area contributed by atoms with Gasteiger partial charge in [0.2, 0.25) is 15.9 Å². The number of carbonyl (C=O) groups excluding carboxylic acids is 2. The highest BCUT2D eigenvalue weighted by molar-refractivity contribution is 7.92. The average Bonchev–Trinajstić information content (AvgIpc) is 2.65. The highest BCUT2D eigenvalue weighted by atomic mass is 32.2. The van der Waals surface area contributed by atoms with Crippen molar-refractivity contribution < 1.29 is 18.0 Å². The van der Waals surface area contributed by atoms with E-state index in [2.05, 4.69) is 10.0 Å². The molecule has 0 spiro atoms. The number of hydrogen-bond acceptors (Lipinski definition) is 5. The van der Waals surface area contributed by atoms with Crippen molar-refractivity contribution in [2.75, 3.05) is 18.0 Å². The second-order valence-corrected chi connectivity index (χ2v) is 10.3. The first-order chi connectivity index (χ1) is 14.1. The number of benzene rings is 1. The summed E-state index contributed by atoms with van der Waals surface area (Å²) in [4.78, 5) is 26.9. The van der Waals surface area contributed by atoms with E-state index in [1.54, 1.807) is 24.3 Å². The van der Waals surface area contributed by atoms with Gasteiger partial charge in [-0.2, -0.15) is 0 Å². The number of hydrogen-bond donors (Lipinski definition) is 3. The van der Waals surface area contributed by atoms with Crippen LogP contribution in [0.3, 0.4) is 0 Å². The van der Waals surface area contributed by atoms with E-state index in [0.29, 0.717) is 17.3 Å². The van der Waals surface area contributed by atoms with Crippen LogP contribution in [0.2, 0.25) is 0 Å². The van der Waals surface area contributed by atoms with Crippen molar-refractivity contribution in [2.24, 2.45) is 11.7 Å². The van der Waals surface area contributed by atoms with Gasteiger partial charge in [-0.15, -0.1) is 0 Å². The molecule has 1 aromatic carbocycles. The van der Waals surface area contributed by atoms with Gasteiger partial charge in [0.25, 0.3) is 5.91 Å². The summed E-state index contributed by atoms with van der Waals surface area (Å²) in [5.41, 5.74) is 7.17. The smallest absolute Gasteiger partial charge is 0.251 e. The Kier molecular flexibility index (Phi) is 7.02. The molecular formula is C21H32N4O4S. The van der Waals surface area contributed by atoms with E-state index in [1.165, 1.54) is 6.42 Å². The first-order valence-electron chi connectivity index (χ1n) is 10.5. The first kappa shape index (κ1) is 22.6. The number of sulfonamides is 1. The van der Waals surface area contributed by atoms with E-state index in [9.17, 15) is 18.0 Å². The molecule has 2 amide bonds. The van der Waals surface area contributed by atoms with Gasteiger partial charge in [0.15, 0.2) is 0 Å². The normalized spacial score (nSPS) is 23.2. The van der Waals surface area contributed by atoms with E-state index in [-0.39, 0.29) is 23.8 Å². The second-order valence-electron chi connectivity index (χ2n) is 8.60. The molecule has 2 aliphatic rings. The first-order valence-corrected chi connectivity index (χ1v) is 12.4. The molecule has 0 saturated heterocycles. The molecule has 2 saturated carbocycles. The SMILES string of the molecule is CN(C(=O)[C@@H](N)C1CCC(NC(=O)c2ccc(NS(C)(=O)=O)cc2)CC1)C1CCC1. The summed E-state index contributed by atoms with van der Waals surface area (Å²) in [6, 6.07) is 6.25. The third-order valence-electron chi connectivity index (χ3n) is 6.32. The number of nitrogens with one attached hydrogen (secondary N) is 2. The Morgan fingerprint density at radius 1 is 1.07 bits per heavy atom. The van der Waals surface area contributed by atoms with Crippen molar-refractivity contribution in [3.63, 3.8) is 0 Å². The lowest BCUT2D eigenvalue weighted by atomic mass is 9.80. The molecule has 8 nitrogen and oxygen atoms in total. The molecule has 0 radical (unpaired) electrons. The summed E-state index contributed by atoms with van der Waals surface area (Å²) in [6.45, 7) is 0. The van der Waals surface area contributed by atoms with E-state index in [4.69, 9.17) is 5.73 Å². The molecule has 30 heavy (non-hydrogen) atoms. The monoisotopic (exact) mass is 436 g/mol. The molecule has 0 aromatic heterocycles. The molecule has 166 valence electrons. The van der Waals surface area contributed by atoms with Crippen LogP contribution in [-0.4, -0.2) is 56.6 Å². The maximum Gasteiger partial charge on any atom is 0.251 e. The highest BCUT2D eigenvalue weighted by Crippen LogP contribution is 2.29. The third-order valence-corrected chi connectivity index (χ3v) is 6.93. The molecule has 0 aliphatic heterocycles. The summed E-state index contributed by atoms with van der Waals surface area (Å²) in [6.07, 6.45) is 7.60. The maximum atomic E-state index is 12.6. The molecule has 3 rings (SSSR count). The van der Waals surface area contributed by atoms with Crippen LogP contribution in [-0.2, 0) is 14.8 Å². The largest absolute Gasteiger partial charge is 0.349 e. The molecule has 0 unspecified atom stereocenters. The molecule has 9 heteroatoms. The summed E-state index contributed by atoms with van der Waals surface area (Å²) >= 11 is 0. The van der Waals surface area contributed by atoms with Crippen molar-refractivity contribution in [3.05, 3.63) is 29.8 Å². The minimum atomic E-state index is -3.35. The van der Waals surface area contributed by atoms with Gasteiger partial charge in [-0.05, 0) is 75.1 Å². The number of nitrogens with two attached hydrogens (primary N) is 1. The lowest BCUT2D eigenvalue weighted by Crippen LogP contribution is -2.52. The van der Waals surface area contributed by atoms with E-state index < -0.39 is 16.1 Å². The van der Waals surface area contributed by atoms with Gasteiger partial charge >= 0.3 is 0 Å². The van der Waals surface area contributed by atoms with Crippen LogP contribution in [0.4, 0.5) is 5.69 Å². The van der Waals surface area contributed by atoms with Crippen LogP contribution in [0.5, 0.6) is 0 Å². The van der Waals surface area contributed by atoms with Crippen LogP contribution in [0.1, 0.15) is 55.3 Å². The fourth-order valence-electron chi connectivity index (χ4n) is 4.19. The predicted molar refractivity (Wildman–Crippen MR) is 117 cm³/mol. The Labute approximate surface area is 178 Å². The van der Waals surface area contributed by atoms with Gasteiger partial charge in [0.05, 0.1) is 12.3 Å². The number of rotatable bonds is 7. The van der Waals surface area contributed by atoms with Gasteiger partial charge in [-0.25, -0.2) is 8.42 Å². The van der Waals surface area contributed by atoms with Crippen molar-refractivity contribution in [1.82, 2.24) is 10.2 Å². The summed E-state index contributed by atoms with van der Waals surface area (Å²) in [5, 5.41) is 3.04. The van der Waals surface area contributed by atoms with Gasteiger partial charge in [0.1, 0.15) is 0 Å². The Bertz CT molecular complexity index is 859. The van der Waals surface area contributed by atoms with Crippen molar-refractivity contribution in [1.29, 1.82) is 0 Å². The van der Waals surface area contributed by atoms with Gasteiger partial charge < -0.3 is 16.0 Å². The minimum Gasteiger partial charge on any atom is -0.349 e. The molecular weight excluding hydrogens is 404 g/mol. The fraction of sp³-hybridized carbons (Fsp3) is 0.619. The van der Waals surface area contributed by atoms with E-state index in [0.717, 1.165) is 44.8 Å². The number of amides is 2. The van der Waals surface area contributed by atoms with Crippen LogP contribution in [0, 0.1) is 5.92 Å².